The SMILES string of the molecule is COC(=O)c1cc(S(C)(=O)=O)c(-c2ccc(=O)[nH]n2)cc1Cl. The van der Waals surface area contributed by atoms with E-state index in [1.807, 2.05) is 0 Å². The van der Waals surface area contributed by atoms with Gasteiger partial charge in [-0.25, -0.2) is 18.3 Å². The number of carbonyl (C=O) groups excluding carboxylic acids is 1. The van der Waals surface area contributed by atoms with Gasteiger partial charge in [0.25, 0.3) is 5.56 Å². The molecule has 0 unspecified atom stereocenters. The second-order valence-corrected chi connectivity index (χ2v) is 6.79. The predicted octanol–water partition coefficient (Wildman–Crippen LogP) is 1.28. The summed E-state index contributed by atoms with van der Waals surface area (Å²) in [5.41, 5.74) is -0.116. The molecule has 116 valence electrons. The summed E-state index contributed by atoms with van der Waals surface area (Å²) in [5.74, 6) is -0.754. The van der Waals surface area contributed by atoms with Gasteiger partial charge in [-0.3, -0.25) is 4.79 Å². The Hall–Kier alpha value is -2.19. The van der Waals surface area contributed by atoms with E-state index in [0.717, 1.165) is 19.4 Å². The smallest absolute Gasteiger partial charge is 0.339 e. The number of esters is 1. The highest BCUT2D eigenvalue weighted by Crippen LogP contribution is 2.31. The zero-order valence-corrected chi connectivity index (χ0v) is 13.2. The summed E-state index contributed by atoms with van der Waals surface area (Å²) in [6.07, 6.45) is 0.993. The Balaban J connectivity index is 2.78. The van der Waals surface area contributed by atoms with Crippen LogP contribution in [0.5, 0.6) is 0 Å². The topological polar surface area (TPSA) is 106 Å². The van der Waals surface area contributed by atoms with E-state index in [2.05, 4.69) is 14.9 Å². The molecule has 1 heterocycles. The average Bonchev–Trinajstić information content (AvgIpc) is 2.45. The Labute approximate surface area is 130 Å². The molecule has 1 aromatic heterocycles. The molecule has 0 fully saturated rings. The van der Waals surface area contributed by atoms with Crippen molar-refractivity contribution in [2.75, 3.05) is 13.4 Å². The highest BCUT2D eigenvalue weighted by molar-refractivity contribution is 7.90. The minimum Gasteiger partial charge on any atom is -0.465 e. The van der Waals surface area contributed by atoms with Crippen molar-refractivity contribution in [1.29, 1.82) is 0 Å². The van der Waals surface area contributed by atoms with Crippen molar-refractivity contribution in [2.24, 2.45) is 0 Å². The summed E-state index contributed by atoms with van der Waals surface area (Å²) in [6.45, 7) is 0. The van der Waals surface area contributed by atoms with Crippen molar-refractivity contribution in [3.63, 3.8) is 0 Å². The quantitative estimate of drug-likeness (QED) is 0.842. The first-order chi connectivity index (χ1) is 10.2. The summed E-state index contributed by atoms with van der Waals surface area (Å²) in [4.78, 5) is 22.6. The van der Waals surface area contributed by atoms with Gasteiger partial charge in [0.1, 0.15) is 0 Å². The van der Waals surface area contributed by atoms with Gasteiger partial charge in [0.2, 0.25) is 0 Å². The zero-order chi connectivity index (χ0) is 16.5. The van der Waals surface area contributed by atoms with E-state index in [1.54, 1.807) is 0 Å². The maximum Gasteiger partial charge on any atom is 0.339 e. The number of methoxy groups -OCH3 is 1. The fraction of sp³-hybridized carbons (Fsp3) is 0.154. The number of ether oxygens (including phenoxy) is 1. The van der Waals surface area contributed by atoms with Gasteiger partial charge in [-0.05, 0) is 18.2 Å². The van der Waals surface area contributed by atoms with E-state index in [1.165, 1.54) is 18.2 Å². The van der Waals surface area contributed by atoms with E-state index >= 15 is 0 Å². The van der Waals surface area contributed by atoms with Crippen LogP contribution < -0.4 is 5.56 Å². The van der Waals surface area contributed by atoms with E-state index in [9.17, 15) is 18.0 Å². The van der Waals surface area contributed by atoms with Gasteiger partial charge in [0.05, 0.1) is 28.3 Å². The molecule has 1 aromatic carbocycles. The first-order valence-electron chi connectivity index (χ1n) is 5.92. The molecule has 0 atom stereocenters. The fourth-order valence-corrected chi connectivity index (χ4v) is 2.96. The van der Waals surface area contributed by atoms with Crippen LogP contribution in [0.4, 0.5) is 0 Å². The van der Waals surface area contributed by atoms with Crippen LogP contribution in [0.15, 0.2) is 34.0 Å². The first-order valence-corrected chi connectivity index (χ1v) is 8.19. The standard InChI is InChI=1S/C13H11ClN2O5S/c1-21-13(18)7-6-11(22(2,19)20)8(5-9(7)14)10-3-4-12(17)16-15-10/h3-6H,1-2H3,(H,16,17). The number of aromatic amines is 1. The number of aromatic nitrogens is 2. The molecule has 2 aromatic rings. The fourth-order valence-electron chi connectivity index (χ4n) is 1.82. The third kappa shape index (κ3) is 3.18. The summed E-state index contributed by atoms with van der Waals surface area (Å²) in [5, 5.41) is 6.01. The minimum atomic E-state index is -3.67. The number of hydrogen-bond donors (Lipinski definition) is 1. The van der Waals surface area contributed by atoms with Crippen molar-refractivity contribution < 1.29 is 17.9 Å². The van der Waals surface area contributed by atoms with Crippen molar-refractivity contribution in [2.45, 2.75) is 4.90 Å². The Morgan fingerprint density at radius 3 is 2.50 bits per heavy atom. The summed E-state index contributed by atoms with van der Waals surface area (Å²) >= 11 is 6.01. The second kappa shape index (κ2) is 5.90. The van der Waals surface area contributed by atoms with Gasteiger partial charge in [-0.1, -0.05) is 11.6 Å². The molecule has 0 aliphatic carbocycles. The number of nitrogens with zero attached hydrogens (tertiary/aromatic N) is 1. The number of halogens is 1. The number of nitrogens with one attached hydrogen (secondary N) is 1. The molecule has 22 heavy (non-hydrogen) atoms. The number of carbonyl (C=O) groups is 1. The maximum atomic E-state index is 12.0. The lowest BCUT2D eigenvalue weighted by Gasteiger charge is -2.11. The van der Waals surface area contributed by atoms with Gasteiger partial charge < -0.3 is 4.74 Å². The van der Waals surface area contributed by atoms with Crippen molar-refractivity contribution in [3.8, 4) is 11.3 Å². The van der Waals surface area contributed by atoms with Gasteiger partial charge in [0.15, 0.2) is 9.84 Å². The van der Waals surface area contributed by atoms with Gasteiger partial charge in [-0.2, -0.15) is 5.10 Å². The van der Waals surface area contributed by atoms with Crippen LogP contribution in [0, 0.1) is 0 Å². The lowest BCUT2D eigenvalue weighted by atomic mass is 10.1. The molecule has 0 amide bonds. The first kappa shape index (κ1) is 16.2. The van der Waals surface area contributed by atoms with Crippen LogP contribution in [-0.2, 0) is 14.6 Å². The van der Waals surface area contributed by atoms with Crippen LogP contribution in [0.2, 0.25) is 5.02 Å². The van der Waals surface area contributed by atoms with E-state index in [-0.39, 0.29) is 26.7 Å². The Kier molecular flexibility index (Phi) is 4.34. The van der Waals surface area contributed by atoms with Gasteiger partial charge >= 0.3 is 5.97 Å². The van der Waals surface area contributed by atoms with Crippen molar-refractivity contribution in [3.05, 3.63) is 45.2 Å². The lowest BCUT2D eigenvalue weighted by Crippen LogP contribution is -2.10. The molecule has 9 heteroatoms. The van der Waals surface area contributed by atoms with Crippen molar-refractivity contribution in [1.82, 2.24) is 10.2 Å². The number of sulfone groups is 1. The lowest BCUT2D eigenvalue weighted by molar-refractivity contribution is 0.0600. The molecule has 0 aliphatic rings. The minimum absolute atomic E-state index is 0.0160. The molecule has 0 spiro atoms. The Morgan fingerprint density at radius 2 is 2.00 bits per heavy atom. The van der Waals surface area contributed by atoms with Crippen LogP contribution in [-0.4, -0.2) is 38.0 Å². The highest BCUT2D eigenvalue weighted by atomic mass is 35.5. The molecule has 0 aliphatic heterocycles. The molecule has 2 rings (SSSR count). The third-order valence-electron chi connectivity index (χ3n) is 2.83. The number of hydrogen-bond acceptors (Lipinski definition) is 6. The second-order valence-electron chi connectivity index (χ2n) is 4.40. The molecule has 0 radical (unpaired) electrons. The van der Waals surface area contributed by atoms with Gasteiger partial charge in [0, 0.05) is 17.9 Å². The monoisotopic (exact) mass is 342 g/mol. The van der Waals surface area contributed by atoms with Crippen LogP contribution in [0.25, 0.3) is 11.3 Å². The largest absolute Gasteiger partial charge is 0.465 e. The molecule has 1 N–H and O–H groups in total. The average molecular weight is 343 g/mol. The van der Waals surface area contributed by atoms with Crippen LogP contribution in [0.1, 0.15) is 10.4 Å². The summed E-state index contributed by atoms with van der Waals surface area (Å²) in [6, 6.07) is 4.99. The number of rotatable bonds is 3. The normalized spacial score (nSPS) is 11.2. The number of H-pyrrole nitrogens is 1. The highest BCUT2D eigenvalue weighted by Gasteiger charge is 2.22. The molecular formula is C13H11ClN2O5S. The Bertz CT molecular complexity index is 885. The Morgan fingerprint density at radius 1 is 1.32 bits per heavy atom. The molecule has 7 nitrogen and oxygen atoms in total. The maximum absolute atomic E-state index is 12.0. The molecular weight excluding hydrogens is 332 g/mol. The van der Waals surface area contributed by atoms with E-state index in [0.29, 0.717) is 0 Å². The van der Waals surface area contributed by atoms with Crippen LogP contribution >= 0.6 is 11.6 Å². The molecule has 0 saturated heterocycles. The summed E-state index contributed by atoms with van der Waals surface area (Å²) < 4.78 is 28.5. The molecule has 0 bridgehead atoms. The predicted molar refractivity (Wildman–Crippen MR) is 79.8 cm³/mol. The van der Waals surface area contributed by atoms with E-state index in [4.69, 9.17) is 11.6 Å². The van der Waals surface area contributed by atoms with Gasteiger partial charge in [-0.15, -0.1) is 0 Å². The third-order valence-corrected chi connectivity index (χ3v) is 4.28. The number of benzene rings is 1. The molecule has 0 saturated carbocycles. The van der Waals surface area contributed by atoms with E-state index < -0.39 is 21.4 Å². The van der Waals surface area contributed by atoms with Crippen LogP contribution in [0.3, 0.4) is 0 Å². The zero-order valence-electron chi connectivity index (χ0n) is 11.6. The van der Waals surface area contributed by atoms with Crippen molar-refractivity contribution >= 4 is 27.4 Å². The summed E-state index contributed by atoms with van der Waals surface area (Å²) in [7, 11) is -2.51.